The second kappa shape index (κ2) is 7.55. The predicted octanol–water partition coefficient (Wildman–Crippen LogP) is 2.84. The van der Waals surface area contributed by atoms with Crippen molar-refractivity contribution in [2.24, 2.45) is 0 Å². The normalized spacial score (nSPS) is 31.5. The molecule has 0 aromatic carbocycles. The lowest BCUT2D eigenvalue weighted by Gasteiger charge is -2.40. The summed E-state index contributed by atoms with van der Waals surface area (Å²) >= 11 is 0. The van der Waals surface area contributed by atoms with E-state index in [0.717, 1.165) is 0 Å². The van der Waals surface area contributed by atoms with Crippen LogP contribution in [-0.2, 0) is 13.6 Å². The van der Waals surface area contributed by atoms with Crippen LogP contribution in [-0.4, -0.2) is 69.3 Å². The fourth-order valence-corrected chi connectivity index (χ4v) is 4.59. The first kappa shape index (κ1) is 24.2. The summed E-state index contributed by atoms with van der Waals surface area (Å²) in [6, 6.07) is 0. The predicted molar refractivity (Wildman–Crippen MR) is 108 cm³/mol. The molecule has 0 amide bonds. The van der Waals surface area contributed by atoms with Crippen LogP contribution in [0.1, 0.15) is 41.5 Å². The molecule has 0 bridgehead atoms. The second-order valence-corrected chi connectivity index (χ2v) is 20.1. The second-order valence-electron chi connectivity index (χ2n) is 10.5. The van der Waals surface area contributed by atoms with Gasteiger partial charge in [-0.2, -0.15) is 0 Å². The van der Waals surface area contributed by atoms with Gasteiger partial charge in [0.25, 0.3) is 0 Å². The summed E-state index contributed by atoms with van der Waals surface area (Å²) in [7, 11) is -4.34. The van der Waals surface area contributed by atoms with Crippen LogP contribution in [0, 0.1) is 0 Å². The molecule has 0 aliphatic carbocycles. The number of hydrogen-bond acceptors (Lipinski definition) is 6. The largest absolute Gasteiger partial charge is 0.411 e. The average Bonchev–Trinajstić information content (AvgIpc) is 2.68. The highest BCUT2D eigenvalue weighted by atomic mass is 28.4. The molecule has 1 fully saturated rings. The van der Waals surface area contributed by atoms with Gasteiger partial charge in [-0.3, -0.25) is 0 Å². The van der Waals surface area contributed by atoms with E-state index in [9.17, 15) is 15.3 Å². The minimum absolute atomic E-state index is 0.0274. The summed E-state index contributed by atoms with van der Waals surface area (Å²) in [4.78, 5) is 0. The maximum Gasteiger partial charge on any atom is 0.218 e. The van der Waals surface area contributed by atoms with E-state index in [1.54, 1.807) is 0 Å². The minimum atomic E-state index is -2.22. The molecule has 26 heavy (non-hydrogen) atoms. The van der Waals surface area contributed by atoms with Crippen molar-refractivity contribution in [1.82, 2.24) is 0 Å². The average molecular weight is 409 g/mol. The summed E-state index contributed by atoms with van der Waals surface area (Å²) in [6.07, 6.45) is -2.85. The van der Waals surface area contributed by atoms with Crippen LogP contribution in [0.4, 0.5) is 0 Å². The minimum Gasteiger partial charge on any atom is -0.411 e. The zero-order valence-corrected chi connectivity index (χ0v) is 20.2. The van der Waals surface area contributed by atoms with Gasteiger partial charge in [0.2, 0.25) is 5.79 Å². The van der Waals surface area contributed by atoms with Crippen LogP contribution >= 0.6 is 0 Å². The fourth-order valence-electron chi connectivity index (χ4n) is 2.28. The Morgan fingerprint density at radius 1 is 0.962 bits per heavy atom. The molecular weight excluding hydrogens is 368 g/mol. The molecule has 6 nitrogen and oxygen atoms in total. The molecule has 0 spiro atoms. The molecule has 1 aliphatic rings. The molecule has 156 valence electrons. The summed E-state index contributed by atoms with van der Waals surface area (Å²) in [5.41, 5.74) is 0. The highest BCUT2D eigenvalue weighted by Gasteiger charge is 2.57. The van der Waals surface area contributed by atoms with Crippen molar-refractivity contribution in [3.8, 4) is 0 Å². The van der Waals surface area contributed by atoms with Crippen LogP contribution in [0.3, 0.4) is 0 Å². The maximum absolute atomic E-state index is 10.9. The van der Waals surface area contributed by atoms with E-state index in [1.165, 1.54) is 0 Å². The standard InChI is InChI=1S/C18H40O6Si2/c1-16(2,3)25(7,8)22-12-18(21)15(20)14(13(11-19)23-18)24-26(9,10)17(4,5)6/h13-15,19-21H,11-12H2,1-10H3/t13-,14-,15+,18-/m1/s1. The Kier molecular flexibility index (Phi) is 7.04. The third kappa shape index (κ3) is 4.97. The third-order valence-corrected chi connectivity index (χ3v) is 15.3. The summed E-state index contributed by atoms with van der Waals surface area (Å²) in [5.74, 6) is -1.88. The summed E-state index contributed by atoms with van der Waals surface area (Å²) in [5, 5.41) is 31.3. The Balaban J connectivity index is 2.97. The zero-order valence-electron chi connectivity index (χ0n) is 18.2. The van der Waals surface area contributed by atoms with E-state index >= 15 is 0 Å². The maximum atomic E-state index is 10.9. The quantitative estimate of drug-likeness (QED) is 0.586. The molecule has 1 heterocycles. The Bertz CT molecular complexity index is 483. The topological polar surface area (TPSA) is 88.4 Å². The monoisotopic (exact) mass is 408 g/mol. The molecule has 8 heteroatoms. The van der Waals surface area contributed by atoms with Crippen molar-refractivity contribution in [2.45, 2.75) is 102 Å². The highest BCUT2D eigenvalue weighted by Crippen LogP contribution is 2.42. The highest BCUT2D eigenvalue weighted by molar-refractivity contribution is 6.74. The van der Waals surface area contributed by atoms with Gasteiger partial charge >= 0.3 is 0 Å². The van der Waals surface area contributed by atoms with E-state index in [2.05, 4.69) is 67.7 Å². The van der Waals surface area contributed by atoms with Crippen molar-refractivity contribution < 1.29 is 28.9 Å². The summed E-state index contributed by atoms with van der Waals surface area (Å²) in [6.45, 7) is 20.4. The van der Waals surface area contributed by atoms with Crippen LogP contribution in [0.2, 0.25) is 36.3 Å². The molecule has 0 saturated carbocycles. The van der Waals surface area contributed by atoms with Gasteiger partial charge in [0, 0.05) is 0 Å². The van der Waals surface area contributed by atoms with Gasteiger partial charge in [0.1, 0.15) is 18.3 Å². The van der Waals surface area contributed by atoms with Gasteiger partial charge in [-0.1, -0.05) is 41.5 Å². The van der Waals surface area contributed by atoms with Gasteiger partial charge in [0.05, 0.1) is 13.2 Å². The van der Waals surface area contributed by atoms with Crippen LogP contribution in [0.5, 0.6) is 0 Å². The van der Waals surface area contributed by atoms with Crippen LogP contribution in [0.15, 0.2) is 0 Å². The van der Waals surface area contributed by atoms with Crippen molar-refractivity contribution in [3.05, 3.63) is 0 Å². The fraction of sp³-hybridized carbons (Fsp3) is 1.00. The molecular formula is C18H40O6Si2. The molecule has 0 aromatic rings. The van der Waals surface area contributed by atoms with Gasteiger partial charge < -0.3 is 28.9 Å². The van der Waals surface area contributed by atoms with E-state index in [1.807, 2.05) is 0 Å². The molecule has 4 atom stereocenters. The zero-order chi connectivity index (χ0) is 20.8. The van der Waals surface area contributed by atoms with Gasteiger partial charge in [-0.05, 0) is 36.3 Å². The number of hydrogen-bond donors (Lipinski definition) is 3. The lowest BCUT2D eigenvalue weighted by atomic mass is 10.1. The van der Waals surface area contributed by atoms with Crippen molar-refractivity contribution >= 4 is 16.6 Å². The number of rotatable bonds is 6. The van der Waals surface area contributed by atoms with Crippen LogP contribution < -0.4 is 0 Å². The van der Waals surface area contributed by atoms with Gasteiger partial charge in [0.15, 0.2) is 16.6 Å². The van der Waals surface area contributed by atoms with E-state index in [4.69, 9.17) is 13.6 Å². The molecule has 0 unspecified atom stereocenters. The lowest BCUT2D eigenvalue weighted by molar-refractivity contribution is -0.245. The molecule has 0 aromatic heterocycles. The smallest absolute Gasteiger partial charge is 0.218 e. The molecule has 1 rings (SSSR count). The number of ether oxygens (including phenoxy) is 1. The van der Waals surface area contributed by atoms with Crippen molar-refractivity contribution in [2.75, 3.05) is 13.2 Å². The Morgan fingerprint density at radius 2 is 1.42 bits per heavy atom. The number of aliphatic hydroxyl groups is 3. The van der Waals surface area contributed by atoms with Crippen molar-refractivity contribution in [1.29, 1.82) is 0 Å². The molecule has 0 radical (unpaired) electrons. The van der Waals surface area contributed by atoms with Crippen LogP contribution in [0.25, 0.3) is 0 Å². The summed E-state index contributed by atoms with van der Waals surface area (Å²) < 4.78 is 18.0. The first-order valence-corrected chi connectivity index (χ1v) is 15.2. The Hall–Kier alpha value is 0.194. The first-order valence-electron chi connectivity index (χ1n) is 9.39. The SMILES string of the molecule is CC(C)(C)[Si](C)(C)OC[C@@]1(O)O[C@H](CO)[C@@H](O[Si](C)(C)C(C)(C)C)[C@@H]1O. The van der Waals surface area contributed by atoms with Crippen molar-refractivity contribution in [3.63, 3.8) is 0 Å². The van der Waals surface area contributed by atoms with E-state index in [-0.39, 0.29) is 23.3 Å². The Labute approximate surface area is 161 Å². The first-order chi connectivity index (χ1) is 11.4. The van der Waals surface area contributed by atoms with E-state index < -0.39 is 40.7 Å². The molecule has 1 aliphatic heterocycles. The Morgan fingerprint density at radius 3 is 1.81 bits per heavy atom. The van der Waals surface area contributed by atoms with Gasteiger partial charge in [-0.15, -0.1) is 0 Å². The lowest BCUT2D eigenvalue weighted by Crippen LogP contribution is -2.54. The van der Waals surface area contributed by atoms with Gasteiger partial charge in [-0.25, -0.2) is 0 Å². The third-order valence-electron chi connectivity index (χ3n) is 6.36. The number of aliphatic hydroxyl groups excluding tert-OH is 2. The molecule has 3 N–H and O–H groups in total. The molecule has 1 saturated heterocycles. The van der Waals surface area contributed by atoms with E-state index in [0.29, 0.717) is 0 Å².